The molecule has 0 heterocycles. The molecule has 2 N–H and O–H groups in total. The van der Waals surface area contributed by atoms with Gasteiger partial charge in [-0.25, -0.2) is 0 Å². The van der Waals surface area contributed by atoms with E-state index in [1.54, 1.807) is 0 Å². The summed E-state index contributed by atoms with van der Waals surface area (Å²) >= 11 is 0. The molecule has 1 nitrogen and oxygen atoms in total. The Morgan fingerprint density at radius 3 is 2.00 bits per heavy atom. The minimum absolute atomic E-state index is 0.813. The number of nitrogens with two attached hydrogens (primary N) is 1. The molecule has 0 aliphatic heterocycles. The second-order valence-electron chi connectivity index (χ2n) is 1.73. The van der Waals surface area contributed by atoms with Gasteiger partial charge in [0.15, 0.2) is 0 Å². The molecule has 1 heteroatoms. The van der Waals surface area contributed by atoms with Crippen molar-refractivity contribution < 1.29 is 0 Å². The summed E-state index contributed by atoms with van der Waals surface area (Å²) in [5.74, 6) is 0. The van der Waals surface area contributed by atoms with E-state index in [2.05, 4.69) is 6.58 Å². The van der Waals surface area contributed by atoms with Gasteiger partial charge in [0, 0.05) is 5.70 Å². The Bertz CT molecular complexity index is 96.7. The SMILES string of the molecule is C=C(C)/C=C(/C)N. The fraction of sp³-hybridized carbons (Fsp3) is 0.333. The van der Waals surface area contributed by atoms with Gasteiger partial charge >= 0.3 is 0 Å². The van der Waals surface area contributed by atoms with E-state index in [1.807, 2.05) is 19.9 Å². The predicted molar refractivity (Wildman–Crippen MR) is 32.8 cm³/mol. The molecule has 0 rings (SSSR count). The zero-order valence-corrected chi connectivity index (χ0v) is 4.86. The number of allylic oxidation sites excluding steroid dienone is 3. The van der Waals surface area contributed by atoms with E-state index < -0.39 is 0 Å². The molecular formula is C6H11N. The summed E-state index contributed by atoms with van der Waals surface area (Å²) in [4.78, 5) is 0. The molecule has 0 saturated heterocycles. The molecule has 0 atom stereocenters. The lowest BCUT2D eigenvalue weighted by atomic mass is 10.3. The lowest BCUT2D eigenvalue weighted by molar-refractivity contribution is 1.29. The highest BCUT2D eigenvalue weighted by molar-refractivity contribution is 5.14. The topological polar surface area (TPSA) is 26.0 Å². The van der Waals surface area contributed by atoms with Gasteiger partial charge in [-0.2, -0.15) is 0 Å². The maximum absolute atomic E-state index is 5.29. The summed E-state index contributed by atoms with van der Waals surface area (Å²) in [6, 6.07) is 0. The Morgan fingerprint density at radius 1 is 1.57 bits per heavy atom. The molecule has 40 valence electrons. The third kappa shape index (κ3) is 5.28. The summed E-state index contributed by atoms with van der Waals surface area (Å²) in [6.07, 6.45) is 1.83. The van der Waals surface area contributed by atoms with Gasteiger partial charge in [-0.15, -0.1) is 0 Å². The van der Waals surface area contributed by atoms with Crippen molar-refractivity contribution in [3.8, 4) is 0 Å². The Kier molecular flexibility index (Phi) is 2.20. The Morgan fingerprint density at radius 2 is 2.00 bits per heavy atom. The molecule has 0 saturated carbocycles. The van der Waals surface area contributed by atoms with Crippen molar-refractivity contribution in [1.29, 1.82) is 0 Å². The third-order valence-corrected chi connectivity index (χ3v) is 0.474. The summed E-state index contributed by atoms with van der Waals surface area (Å²) in [6.45, 7) is 7.39. The van der Waals surface area contributed by atoms with Crippen LogP contribution in [0, 0.1) is 0 Å². The first kappa shape index (κ1) is 6.28. The van der Waals surface area contributed by atoms with Crippen molar-refractivity contribution in [1.82, 2.24) is 0 Å². The number of rotatable bonds is 1. The lowest BCUT2D eigenvalue weighted by Crippen LogP contribution is -1.88. The van der Waals surface area contributed by atoms with E-state index in [4.69, 9.17) is 5.73 Å². The number of hydrogen-bond acceptors (Lipinski definition) is 1. The van der Waals surface area contributed by atoms with Crippen molar-refractivity contribution in [2.75, 3.05) is 0 Å². The molecule has 0 bridgehead atoms. The Labute approximate surface area is 44.5 Å². The highest BCUT2D eigenvalue weighted by Gasteiger charge is 1.74. The molecule has 0 amide bonds. The average molecular weight is 97.2 g/mol. The van der Waals surface area contributed by atoms with Crippen LogP contribution in [0.5, 0.6) is 0 Å². The van der Waals surface area contributed by atoms with E-state index >= 15 is 0 Å². The predicted octanol–water partition coefficient (Wildman–Crippen LogP) is 1.43. The monoisotopic (exact) mass is 97.1 g/mol. The van der Waals surface area contributed by atoms with Crippen LogP contribution in [0.1, 0.15) is 13.8 Å². The van der Waals surface area contributed by atoms with Gasteiger partial charge in [0.05, 0.1) is 0 Å². The molecule has 0 aromatic heterocycles. The van der Waals surface area contributed by atoms with Crippen molar-refractivity contribution in [3.05, 3.63) is 23.9 Å². The molecule has 0 aromatic rings. The minimum Gasteiger partial charge on any atom is -0.402 e. The van der Waals surface area contributed by atoms with Gasteiger partial charge < -0.3 is 5.73 Å². The fourth-order valence-electron chi connectivity index (χ4n) is 0.389. The van der Waals surface area contributed by atoms with E-state index in [1.165, 1.54) is 0 Å². The standard InChI is InChI=1S/C6H11N/c1-5(2)4-6(3)7/h4H,1,7H2,2-3H3/b6-4-. The lowest BCUT2D eigenvalue weighted by Gasteiger charge is -1.86. The fourth-order valence-corrected chi connectivity index (χ4v) is 0.389. The molecule has 0 fully saturated rings. The normalized spacial score (nSPS) is 11.4. The maximum Gasteiger partial charge on any atom is 0.00513 e. The minimum atomic E-state index is 0.813. The maximum atomic E-state index is 5.29. The van der Waals surface area contributed by atoms with Crippen LogP contribution in [0.2, 0.25) is 0 Å². The van der Waals surface area contributed by atoms with E-state index in [-0.39, 0.29) is 0 Å². The van der Waals surface area contributed by atoms with Crippen LogP contribution in [0.15, 0.2) is 23.9 Å². The highest BCUT2D eigenvalue weighted by Crippen LogP contribution is 1.90. The summed E-state index contributed by atoms with van der Waals surface area (Å²) in [5.41, 5.74) is 7.11. The van der Waals surface area contributed by atoms with E-state index in [0.29, 0.717) is 0 Å². The smallest absolute Gasteiger partial charge is 0.00513 e. The van der Waals surface area contributed by atoms with Crippen molar-refractivity contribution in [3.63, 3.8) is 0 Å². The molecule has 7 heavy (non-hydrogen) atoms. The molecule has 0 aliphatic carbocycles. The Balaban J connectivity index is 3.68. The number of hydrogen-bond donors (Lipinski definition) is 1. The van der Waals surface area contributed by atoms with Crippen LogP contribution in [0.25, 0.3) is 0 Å². The van der Waals surface area contributed by atoms with Crippen LogP contribution in [0.4, 0.5) is 0 Å². The zero-order valence-electron chi connectivity index (χ0n) is 4.86. The van der Waals surface area contributed by atoms with Crippen LogP contribution < -0.4 is 5.73 Å². The van der Waals surface area contributed by atoms with Crippen LogP contribution >= 0.6 is 0 Å². The molecule has 0 unspecified atom stereocenters. The van der Waals surface area contributed by atoms with Gasteiger partial charge in [-0.1, -0.05) is 12.2 Å². The van der Waals surface area contributed by atoms with E-state index in [0.717, 1.165) is 11.3 Å². The van der Waals surface area contributed by atoms with Crippen molar-refractivity contribution in [2.24, 2.45) is 5.73 Å². The van der Waals surface area contributed by atoms with Gasteiger partial charge in [0.25, 0.3) is 0 Å². The molecule has 0 radical (unpaired) electrons. The van der Waals surface area contributed by atoms with Gasteiger partial charge in [0.2, 0.25) is 0 Å². The van der Waals surface area contributed by atoms with Crippen LogP contribution in [-0.2, 0) is 0 Å². The first-order valence-corrected chi connectivity index (χ1v) is 2.22. The van der Waals surface area contributed by atoms with Crippen LogP contribution in [-0.4, -0.2) is 0 Å². The summed E-state index contributed by atoms with van der Waals surface area (Å²) in [7, 11) is 0. The second-order valence-corrected chi connectivity index (χ2v) is 1.73. The second kappa shape index (κ2) is 2.45. The van der Waals surface area contributed by atoms with E-state index in [9.17, 15) is 0 Å². The highest BCUT2D eigenvalue weighted by atomic mass is 14.5. The van der Waals surface area contributed by atoms with Crippen molar-refractivity contribution >= 4 is 0 Å². The third-order valence-electron chi connectivity index (χ3n) is 0.474. The average Bonchev–Trinajstić information content (AvgIpc) is 1.27. The van der Waals surface area contributed by atoms with Crippen molar-refractivity contribution in [2.45, 2.75) is 13.8 Å². The summed E-state index contributed by atoms with van der Waals surface area (Å²) in [5, 5.41) is 0. The molecule has 0 aromatic carbocycles. The largest absolute Gasteiger partial charge is 0.402 e. The molecule has 0 spiro atoms. The zero-order chi connectivity index (χ0) is 5.86. The molecule has 0 aliphatic rings. The van der Waals surface area contributed by atoms with Crippen LogP contribution in [0.3, 0.4) is 0 Å². The van der Waals surface area contributed by atoms with Gasteiger partial charge in [-0.3, -0.25) is 0 Å². The Hall–Kier alpha value is -0.720. The summed E-state index contributed by atoms with van der Waals surface area (Å²) < 4.78 is 0. The molecular weight excluding hydrogens is 86.1 g/mol. The first-order chi connectivity index (χ1) is 3.13. The first-order valence-electron chi connectivity index (χ1n) is 2.22. The quantitative estimate of drug-likeness (QED) is 0.492. The van der Waals surface area contributed by atoms with Gasteiger partial charge in [-0.05, 0) is 19.9 Å². The van der Waals surface area contributed by atoms with Gasteiger partial charge in [0.1, 0.15) is 0 Å².